The molecule has 0 bridgehead atoms. The Bertz CT molecular complexity index is 748. The maximum atomic E-state index is 12.3. The highest BCUT2D eigenvalue weighted by atomic mass is 32.2. The van der Waals surface area contributed by atoms with Crippen LogP contribution >= 0.6 is 0 Å². The molecule has 1 aromatic carbocycles. The summed E-state index contributed by atoms with van der Waals surface area (Å²) in [5, 5.41) is 7.39. The van der Waals surface area contributed by atoms with Crippen LogP contribution in [0.4, 0.5) is 0 Å². The zero-order valence-electron chi connectivity index (χ0n) is 19.2. The Morgan fingerprint density at radius 1 is 1.23 bits per heavy atom. The van der Waals surface area contributed by atoms with Gasteiger partial charge in [-0.3, -0.25) is 14.1 Å². The zero-order chi connectivity index (χ0) is 21.6. The predicted molar refractivity (Wildman–Crippen MR) is 128 cm³/mol. The number of nitrogens with one attached hydrogen (secondary N) is 2. The Morgan fingerprint density at radius 3 is 2.73 bits per heavy atom. The molecule has 1 aliphatic carbocycles. The molecule has 30 heavy (non-hydrogen) atoms. The first kappa shape index (κ1) is 23.3. The van der Waals surface area contributed by atoms with E-state index in [0.29, 0.717) is 11.3 Å². The van der Waals surface area contributed by atoms with E-state index >= 15 is 0 Å². The van der Waals surface area contributed by atoms with Gasteiger partial charge in [-0.15, -0.1) is 0 Å². The van der Waals surface area contributed by atoms with Gasteiger partial charge >= 0.3 is 0 Å². The van der Waals surface area contributed by atoms with Crippen molar-refractivity contribution < 1.29 is 4.21 Å². The van der Waals surface area contributed by atoms with E-state index in [1.807, 2.05) is 6.92 Å². The molecule has 6 heteroatoms. The van der Waals surface area contributed by atoms with Crippen LogP contribution in [-0.2, 0) is 23.8 Å². The Labute approximate surface area is 185 Å². The third-order valence-electron chi connectivity index (χ3n) is 6.58. The second kappa shape index (κ2) is 10.8. The minimum atomic E-state index is -0.699. The van der Waals surface area contributed by atoms with Crippen LogP contribution in [0.3, 0.4) is 0 Å². The lowest BCUT2D eigenvalue weighted by Crippen LogP contribution is -2.50. The van der Waals surface area contributed by atoms with Crippen LogP contribution in [0.15, 0.2) is 29.3 Å². The standard InChI is InChI=1S/C24H40N4OS/c1-5-25-23(27-21-12-9-13-22(16-21)30(29)6-2)26-18-24(3,4)28-15-14-19-10-7-8-11-20(19)17-28/h7-8,10-11,21-22H,5-6,9,12-18H2,1-4H3,(H2,25,26,27). The second-order valence-electron chi connectivity index (χ2n) is 9.25. The van der Waals surface area contributed by atoms with E-state index in [0.717, 1.165) is 70.0 Å². The number of guanidine groups is 1. The normalized spacial score (nSPS) is 24.2. The number of rotatable bonds is 7. The van der Waals surface area contributed by atoms with E-state index < -0.39 is 10.8 Å². The van der Waals surface area contributed by atoms with Crippen molar-refractivity contribution in [1.82, 2.24) is 15.5 Å². The van der Waals surface area contributed by atoms with E-state index in [9.17, 15) is 4.21 Å². The van der Waals surface area contributed by atoms with Crippen molar-refractivity contribution in [3.05, 3.63) is 35.4 Å². The summed E-state index contributed by atoms with van der Waals surface area (Å²) in [6, 6.07) is 9.16. The molecule has 1 saturated carbocycles. The number of nitrogens with zero attached hydrogens (tertiary/aromatic N) is 2. The molecule has 168 valence electrons. The van der Waals surface area contributed by atoms with Gasteiger partial charge in [-0.1, -0.05) is 37.6 Å². The summed E-state index contributed by atoms with van der Waals surface area (Å²) in [5.74, 6) is 1.66. The SMILES string of the molecule is CCNC(=NCC(C)(C)N1CCc2ccccc2C1)NC1CCCC(S(=O)CC)C1. The van der Waals surface area contributed by atoms with E-state index in [4.69, 9.17) is 4.99 Å². The lowest BCUT2D eigenvalue weighted by Gasteiger charge is -2.41. The van der Waals surface area contributed by atoms with Crippen molar-refractivity contribution in [2.24, 2.45) is 4.99 Å². The maximum absolute atomic E-state index is 12.3. The molecule has 2 N–H and O–H groups in total. The Hall–Kier alpha value is -1.40. The van der Waals surface area contributed by atoms with E-state index in [1.54, 1.807) is 0 Å². The molecule has 1 aromatic rings. The first-order valence-corrected chi connectivity index (χ1v) is 13.0. The highest BCUT2D eigenvalue weighted by Crippen LogP contribution is 2.26. The molecule has 0 aromatic heterocycles. The lowest BCUT2D eigenvalue weighted by molar-refractivity contribution is 0.111. The van der Waals surface area contributed by atoms with Crippen LogP contribution in [0.5, 0.6) is 0 Å². The second-order valence-corrected chi connectivity index (χ2v) is 11.3. The van der Waals surface area contributed by atoms with Crippen molar-refractivity contribution >= 4 is 16.8 Å². The van der Waals surface area contributed by atoms with Gasteiger partial charge in [-0.25, -0.2) is 0 Å². The van der Waals surface area contributed by atoms with Crippen LogP contribution in [0.25, 0.3) is 0 Å². The number of fused-ring (bicyclic) bond motifs is 1. The Morgan fingerprint density at radius 2 is 2.00 bits per heavy atom. The third kappa shape index (κ3) is 6.07. The highest BCUT2D eigenvalue weighted by molar-refractivity contribution is 7.85. The molecule has 3 rings (SSSR count). The van der Waals surface area contributed by atoms with Crippen molar-refractivity contribution in [2.45, 2.75) is 83.2 Å². The quantitative estimate of drug-likeness (QED) is 0.512. The molecule has 1 fully saturated rings. The predicted octanol–water partition coefficient (Wildman–Crippen LogP) is 3.46. The molecular weight excluding hydrogens is 392 g/mol. The first-order valence-electron chi connectivity index (χ1n) is 11.7. The van der Waals surface area contributed by atoms with Gasteiger partial charge in [0.2, 0.25) is 0 Å². The molecule has 1 heterocycles. The average molecular weight is 433 g/mol. The Balaban J connectivity index is 1.61. The number of hydrogen-bond donors (Lipinski definition) is 2. The monoisotopic (exact) mass is 432 g/mol. The van der Waals surface area contributed by atoms with Crippen LogP contribution in [-0.4, -0.2) is 57.3 Å². The van der Waals surface area contributed by atoms with E-state index in [1.165, 1.54) is 11.1 Å². The molecule has 3 unspecified atom stereocenters. The summed E-state index contributed by atoms with van der Waals surface area (Å²) in [5.41, 5.74) is 2.93. The fourth-order valence-corrected chi connectivity index (χ4v) is 6.00. The molecule has 2 aliphatic rings. The molecule has 0 spiro atoms. The van der Waals surface area contributed by atoms with Crippen LogP contribution < -0.4 is 10.6 Å². The first-order chi connectivity index (χ1) is 14.4. The van der Waals surface area contributed by atoms with E-state index in [-0.39, 0.29) is 5.54 Å². The van der Waals surface area contributed by atoms with Gasteiger partial charge in [0.1, 0.15) is 0 Å². The summed E-state index contributed by atoms with van der Waals surface area (Å²) in [4.78, 5) is 7.54. The lowest BCUT2D eigenvalue weighted by atomic mass is 9.94. The van der Waals surface area contributed by atoms with Crippen molar-refractivity contribution in [3.63, 3.8) is 0 Å². The summed E-state index contributed by atoms with van der Waals surface area (Å²) >= 11 is 0. The maximum Gasteiger partial charge on any atom is 0.191 e. The van der Waals surface area contributed by atoms with E-state index in [2.05, 4.69) is 60.6 Å². The number of aliphatic imine (C=N–C) groups is 1. The smallest absolute Gasteiger partial charge is 0.191 e. The fourth-order valence-electron chi connectivity index (χ4n) is 4.65. The van der Waals surface area contributed by atoms with Gasteiger partial charge in [0.15, 0.2) is 5.96 Å². The van der Waals surface area contributed by atoms with Gasteiger partial charge in [0.05, 0.1) is 6.54 Å². The van der Waals surface area contributed by atoms with Crippen LogP contribution in [0.1, 0.15) is 64.5 Å². The zero-order valence-corrected chi connectivity index (χ0v) is 20.1. The largest absolute Gasteiger partial charge is 0.357 e. The molecule has 1 aliphatic heterocycles. The molecule has 0 radical (unpaired) electrons. The number of hydrogen-bond acceptors (Lipinski definition) is 3. The summed E-state index contributed by atoms with van der Waals surface area (Å²) < 4.78 is 12.3. The molecule has 5 nitrogen and oxygen atoms in total. The van der Waals surface area contributed by atoms with Gasteiger partial charge < -0.3 is 10.6 Å². The van der Waals surface area contributed by atoms with Gasteiger partial charge in [0.25, 0.3) is 0 Å². The van der Waals surface area contributed by atoms with Crippen LogP contribution in [0.2, 0.25) is 0 Å². The van der Waals surface area contributed by atoms with Crippen molar-refractivity contribution in [1.29, 1.82) is 0 Å². The van der Waals surface area contributed by atoms with Gasteiger partial charge in [0, 0.05) is 53.0 Å². The summed E-state index contributed by atoms with van der Waals surface area (Å²) in [7, 11) is -0.699. The minimum absolute atomic E-state index is 0.00527. The van der Waals surface area contributed by atoms with Gasteiger partial charge in [-0.2, -0.15) is 0 Å². The molecular formula is C24H40N4OS. The molecule has 0 amide bonds. The average Bonchev–Trinajstić information content (AvgIpc) is 2.77. The summed E-state index contributed by atoms with van der Waals surface area (Å²) in [6.45, 7) is 12.4. The van der Waals surface area contributed by atoms with Crippen LogP contribution in [0, 0.1) is 0 Å². The molecule has 3 atom stereocenters. The number of benzene rings is 1. The molecule has 0 saturated heterocycles. The van der Waals surface area contributed by atoms with Gasteiger partial charge in [-0.05, 0) is 57.6 Å². The Kier molecular flexibility index (Phi) is 8.35. The third-order valence-corrected chi connectivity index (χ3v) is 8.32. The van der Waals surface area contributed by atoms with Crippen molar-refractivity contribution in [2.75, 3.05) is 25.4 Å². The summed E-state index contributed by atoms with van der Waals surface area (Å²) in [6.07, 6.45) is 5.47. The van der Waals surface area contributed by atoms with Crippen molar-refractivity contribution in [3.8, 4) is 0 Å². The fraction of sp³-hybridized carbons (Fsp3) is 0.708. The highest BCUT2D eigenvalue weighted by Gasteiger charge is 2.30. The minimum Gasteiger partial charge on any atom is -0.357 e. The topological polar surface area (TPSA) is 56.7 Å².